The zero-order valence-electron chi connectivity index (χ0n) is 16.8. The summed E-state index contributed by atoms with van der Waals surface area (Å²) in [6, 6.07) is 7.04. The van der Waals surface area contributed by atoms with Gasteiger partial charge in [-0.2, -0.15) is 0 Å². The van der Waals surface area contributed by atoms with Gasteiger partial charge >= 0.3 is 0 Å². The van der Waals surface area contributed by atoms with E-state index in [0.717, 1.165) is 38.4 Å². The van der Waals surface area contributed by atoms with Gasteiger partial charge in [0.1, 0.15) is 0 Å². The van der Waals surface area contributed by atoms with Gasteiger partial charge in [0.2, 0.25) is 0 Å². The summed E-state index contributed by atoms with van der Waals surface area (Å²) in [6.45, 7) is 8.52. The molecule has 1 aromatic rings. The summed E-state index contributed by atoms with van der Waals surface area (Å²) in [6.07, 6.45) is 4.12. The number of likely N-dealkylation sites (tertiary alicyclic amines) is 1. The Balaban J connectivity index is 0.00000280. The molecule has 0 bridgehead atoms. The molecule has 0 aromatic heterocycles. The van der Waals surface area contributed by atoms with E-state index in [1.165, 1.54) is 17.7 Å². The molecule has 28 heavy (non-hydrogen) atoms. The third-order valence-corrected chi connectivity index (χ3v) is 5.22. The van der Waals surface area contributed by atoms with Crippen molar-refractivity contribution in [2.24, 2.45) is 10.9 Å². The van der Waals surface area contributed by atoms with Crippen molar-refractivity contribution in [3.8, 4) is 0 Å². The van der Waals surface area contributed by atoms with E-state index in [1.54, 1.807) is 24.3 Å². The van der Waals surface area contributed by atoms with Crippen LogP contribution in [-0.2, 0) is 0 Å². The lowest BCUT2D eigenvalue weighted by Crippen LogP contribution is -2.46. The van der Waals surface area contributed by atoms with Gasteiger partial charge in [-0.05, 0) is 50.7 Å². The number of rotatable bonds is 6. The molecule has 7 heteroatoms. The predicted molar refractivity (Wildman–Crippen MR) is 122 cm³/mol. The van der Waals surface area contributed by atoms with Gasteiger partial charge in [-0.1, -0.05) is 19.1 Å². The van der Waals surface area contributed by atoms with Gasteiger partial charge in [0.15, 0.2) is 5.96 Å². The van der Waals surface area contributed by atoms with Crippen LogP contribution < -0.4 is 5.32 Å². The number of nitrogens with one attached hydrogen (secondary N) is 1. The average Bonchev–Trinajstić information content (AvgIpc) is 2.92. The topological polar surface area (TPSA) is 65.0 Å². The number of carbonyl (C=O) groups is 2. The molecule has 2 amide bonds. The molecule has 2 aliphatic heterocycles. The molecule has 1 fully saturated rings. The van der Waals surface area contributed by atoms with Crippen molar-refractivity contribution in [3.63, 3.8) is 0 Å². The summed E-state index contributed by atoms with van der Waals surface area (Å²) >= 11 is 0. The summed E-state index contributed by atoms with van der Waals surface area (Å²) in [5.41, 5.74) is 1.04. The van der Waals surface area contributed by atoms with Crippen LogP contribution >= 0.6 is 24.0 Å². The third kappa shape index (κ3) is 5.24. The lowest BCUT2D eigenvalue weighted by Gasteiger charge is -2.33. The number of halogens is 1. The Morgan fingerprint density at radius 2 is 1.86 bits per heavy atom. The van der Waals surface area contributed by atoms with Crippen LogP contribution in [0.15, 0.2) is 29.3 Å². The van der Waals surface area contributed by atoms with E-state index in [9.17, 15) is 9.59 Å². The van der Waals surface area contributed by atoms with E-state index < -0.39 is 0 Å². The molecule has 0 spiro atoms. The van der Waals surface area contributed by atoms with Gasteiger partial charge in [0, 0.05) is 32.7 Å². The van der Waals surface area contributed by atoms with Crippen LogP contribution in [0.2, 0.25) is 0 Å². The Hall–Kier alpha value is -1.64. The number of carbonyl (C=O) groups excluding carboxylic acids is 2. The van der Waals surface area contributed by atoms with Crippen molar-refractivity contribution < 1.29 is 9.59 Å². The molecule has 3 rings (SSSR count). The number of benzene rings is 1. The van der Waals surface area contributed by atoms with Crippen LogP contribution in [0.1, 0.15) is 60.2 Å². The fourth-order valence-electron chi connectivity index (χ4n) is 3.82. The number of amides is 2. The van der Waals surface area contributed by atoms with Crippen LogP contribution in [0.4, 0.5) is 0 Å². The number of hydrogen-bond acceptors (Lipinski definition) is 3. The number of nitrogens with zero attached hydrogens (tertiary/aromatic N) is 3. The van der Waals surface area contributed by atoms with Crippen molar-refractivity contribution in [3.05, 3.63) is 35.4 Å². The zero-order valence-corrected chi connectivity index (χ0v) is 19.1. The van der Waals surface area contributed by atoms with E-state index in [2.05, 4.69) is 24.1 Å². The molecule has 1 aromatic carbocycles. The van der Waals surface area contributed by atoms with Crippen LogP contribution in [0.5, 0.6) is 0 Å². The van der Waals surface area contributed by atoms with Gasteiger partial charge in [-0.25, -0.2) is 0 Å². The number of unbranched alkanes of at least 4 members (excludes halogenated alkanes) is 1. The number of aliphatic imine (C=N–C) groups is 1. The van der Waals surface area contributed by atoms with Gasteiger partial charge in [-0.3, -0.25) is 19.5 Å². The van der Waals surface area contributed by atoms with Crippen molar-refractivity contribution in [2.45, 2.75) is 39.5 Å². The Kier molecular flexibility index (Phi) is 8.72. The van der Waals surface area contributed by atoms with Crippen LogP contribution in [0, 0.1) is 5.92 Å². The lowest BCUT2D eigenvalue weighted by molar-refractivity contribution is 0.0652. The second kappa shape index (κ2) is 10.8. The molecular weight excluding hydrogens is 467 g/mol. The molecule has 0 saturated carbocycles. The highest BCUT2D eigenvalue weighted by atomic mass is 127. The maximum atomic E-state index is 12.4. The van der Waals surface area contributed by atoms with Gasteiger partial charge in [0.05, 0.1) is 11.1 Å². The van der Waals surface area contributed by atoms with E-state index >= 15 is 0 Å². The maximum Gasteiger partial charge on any atom is 0.261 e. The Labute approximate surface area is 184 Å². The zero-order chi connectivity index (χ0) is 19.2. The molecule has 0 radical (unpaired) electrons. The highest BCUT2D eigenvalue weighted by molar-refractivity contribution is 14.0. The molecule has 1 unspecified atom stereocenters. The molecular formula is C21H31IN4O2. The van der Waals surface area contributed by atoms with Gasteiger partial charge in [0.25, 0.3) is 11.8 Å². The van der Waals surface area contributed by atoms with Gasteiger partial charge in [-0.15, -0.1) is 24.0 Å². The SMILES string of the molecule is CCNC(=NCCCCN1C(=O)c2ccccc2C1=O)N1CCCC(C)C1.I. The Bertz CT molecular complexity index is 687. The second-order valence-electron chi connectivity index (χ2n) is 7.44. The van der Waals surface area contributed by atoms with Gasteiger partial charge < -0.3 is 10.2 Å². The molecule has 1 atom stereocenters. The van der Waals surface area contributed by atoms with E-state index in [1.807, 2.05) is 0 Å². The summed E-state index contributed by atoms with van der Waals surface area (Å²) in [4.78, 5) is 33.2. The fourth-order valence-corrected chi connectivity index (χ4v) is 3.82. The van der Waals surface area contributed by atoms with Crippen LogP contribution in [0.25, 0.3) is 0 Å². The monoisotopic (exact) mass is 498 g/mol. The lowest BCUT2D eigenvalue weighted by atomic mass is 10.0. The Morgan fingerprint density at radius 1 is 1.18 bits per heavy atom. The molecule has 1 saturated heterocycles. The fraction of sp³-hybridized carbons (Fsp3) is 0.571. The summed E-state index contributed by atoms with van der Waals surface area (Å²) < 4.78 is 0. The van der Waals surface area contributed by atoms with Crippen molar-refractivity contribution in [2.75, 3.05) is 32.7 Å². The van der Waals surface area contributed by atoms with Crippen molar-refractivity contribution in [1.82, 2.24) is 15.1 Å². The quantitative estimate of drug-likeness (QED) is 0.215. The number of hydrogen-bond donors (Lipinski definition) is 1. The number of guanidine groups is 1. The van der Waals surface area contributed by atoms with E-state index in [-0.39, 0.29) is 35.8 Å². The predicted octanol–water partition coefficient (Wildman–Crippen LogP) is 3.38. The Morgan fingerprint density at radius 3 is 2.46 bits per heavy atom. The largest absolute Gasteiger partial charge is 0.357 e. The highest BCUT2D eigenvalue weighted by Gasteiger charge is 2.34. The van der Waals surface area contributed by atoms with Crippen molar-refractivity contribution >= 4 is 41.8 Å². The molecule has 154 valence electrons. The summed E-state index contributed by atoms with van der Waals surface area (Å²) in [7, 11) is 0. The maximum absolute atomic E-state index is 12.4. The minimum Gasteiger partial charge on any atom is -0.357 e. The number of fused-ring (bicyclic) bond motifs is 1. The molecule has 2 aliphatic rings. The van der Waals surface area contributed by atoms with Crippen LogP contribution in [-0.4, -0.2) is 60.3 Å². The first kappa shape index (κ1) is 22.6. The minimum absolute atomic E-state index is 0. The van der Waals surface area contributed by atoms with Crippen LogP contribution in [0.3, 0.4) is 0 Å². The summed E-state index contributed by atoms with van der Waals surface area (Å²) in [5.74, 6) is 1.35. The first-order chi connectivity index (χ1) is 13.1. The first-order valence-corrected chi connectivity index (χ1v) is 10.1. The molecule has 2 heterocycles. The smallest absolute Gasteiger partial charge is 0.261 e. The standard InChI is InChI=1S/C21H30N4O2.HI/c1-3-22-21(24-13-8-9-16(2)15-24)23-12-6-7-14-25-19(26)17-10-4-5-11-18(17)20(25)27;/h4-5,10-11,16H,3,6-9,12-15H2,1-2H3,(H,22,23);1H. The highest BCUT2D eigenvalue weighted by Crippen LogP contribution is 2.22. The normalized spacial score (nSPS) is 19.5. The molecule has 6 nitrogen and oxygen atoms in total. The average molecular weight is 498 g/mol. The first-order valence-electron chi connectivity index (χ1n) is 10.1. The van der Waals surface area contributed by atoms with E-state index in [4.69, 9.17) is 4.99 Å². The number of piperidine rings is 1. The number of imide groups is 1. The second-order valence-corrected chi connectivity index (χ2v) is 7.44. The van der Waals surface area contributed by atoms with E-state index in [0.29, 0.717) is 30.1 Å². The molecule has 1 N–H and O–H groups in total. The molecule has 0 aliphatic carbocycles. The minimum atomic E-state index is -0.172. The summed E-state index contributed by atoms with van der Waals surface area (Å²) in [5, 5.41) is 3.39. The van der Waals surface area contributed by atoms with Crippen molar-refractivity contribution in [1.29, 1.82) is 0 Å². The third-order valence-electron chi connectivity index (χ3n) is 5.22.